The number of nitrogens with zero attached hydrogens (tertiary/aromatic N) is 5. The van der Waals surface area contributed by atoms with Crippen LogP contribution in [0, 0.1) is 0 Å². The highest BCUT2D eigenvalue weighted by molar-refractivity contribution is 6.56. The van der Waals surface area contributed by atoms with Crippen LogP contribution < -0.4 is 13.9 Å². The van der Waals surface area contributed by atoms with Gasteiger partial charge in [-0.15, -0.1) is 10.2 Å². The first-order valence-electron chi connectivity index (χ1n) is 12.9. The Balaban J connectivity index is 1.52. The molecular weight excluding hydrogens is 562 g/mol. The van der Waals surface area contributed by atoms with E-state index in [2.05, 4.69) is 0 Å². The van der Waals surface area contributed by atoms with E-state index in [4.69, 9.17) is 29.0 Å². The Morgan fingerprint density at radius 3 is 1.73 bits per heavy atom. The number of aromatic nitrogens is 5. The monoisotopic (exact) mass is 593 g/mol. The molecule has 3 aromatic heterocycles. The third kappa shape index (κ3) is 7.08. The van der Waals surface area contributed by atoms with Crippen LogP contribution in [0.4, 0.5) is 0 Å². The van der Waals surface area contributed by atoms with Gasteiger partial charge in [0, 0.05) is 35.4 Å². The van der Waals surface area contributed by atoms with Gasteiger partial charge >= 0.3 is 18.3 Å². The minimum atomic E-state index is -4.12. The third-order valence-electron chi connectivity index (χ3n) is 6.57. The van der Waals surface area contributed by atoms with Crippen molar-refractivity contribution < 1.29 is 42.3 Å². The van der Waals surface area contributed by atoms with Crippen molar-refractivity contribution >= 4 is 29.4 Å². The molecule has 5 N–H and O–H groups in total. The van der Waals surface area contributed by atoms with Crippen molar-refractivity contribution in [3.05, 3.63) is 85.5 Å². The topological polar surface area (TPSA) is 158 Å². The maximum atomic E-state index is 9.34. The van der Waals surface area contributed by atoms with E-state index in [1.165, 1.54) is 0 Å². The predicted molar refractivity (Wildman–Crippen MR) is 151 cm³/mol. The Kier molecular flexibility index (Phi) is 8.62. The molecule has 0 atom stereocenters. The first kappa shape index (κ1) is 28.7. The second kappa shape index (κ2) is 12.3. The SMILES string of the molecule is COc1ccc(-n2nc3c(-c4cc[n+](CCO[SiH](O)O)cc4)ccc(-c4cc[n+](CC[Si](O)(O)O)cc4)c3n2)cc1. The first-order valence-corrected chi connectivity index (χ1v) is 16.4. The van der Waals surface area contributed by atoms with Crippen molar-refractivity contribution in [2.45, 2.75) is 19.1 Å². The van der Waals surface area contributed by atoms with Crippen LogP contribution in [0.5, 0.6) is 5.75 Å². The summed E-state index contributed by atoms with van der Waals surface area (Å²) in [6.45, 7) is 0.975. The number of benzene rings is 2. The first-order chi connectivity index (χ1) is 19.7. The van der Waals surface area contributed by atoms with Gasteiger partial charge in [-0.05, 0) is 35.4 Å². The largest absolute Gasteiger partial charge is 0.499 e. The highest BCUT2D eigenvalue weighted by Gasteiger charge is 2.28. The van der Waals surface area contributed by atoms with Crippen LogP contribution in [-0.2, 0) is 17.5 Å². The van der Waals surface area contributed by atoms with Crippen LogP contribution in [-0.4, -0.2) is 71.0 Å². The summed E-state index contributed by atoms with van der Waals surface area (Å²) in [6, 6.07) is 19.1. The molecule has 2 aromatic carbocycles. The molecule has 5 aromatic rings. The zero-order valence-corrected chi connectivity index (χ0v) is 24.4. The summed E-state index contributed by atoms with van der Waals surface area (Å²) in [6.07, 6.45) is 7.44. The number of aryl methyl sites for hydroxylation is 1. The molecule has 0 aliphatic rings. The maximum absolute atomic E-state index is 9.34. The standard InChI is InChI=1S/C27H31N5O7Si2/c1-38-23-4-2-22(3-5-23)32-28-26-24(20-8-12-30(13-9-20)16-18-39-40(33)34)6-7-25(27(26)29-32)21-10-14-31(15-11-21)17-19-41(35,36)37/h2-15,33-37,40H,16-19H2,1H3/q+2. The third-order valence-corrected chi connectivity index (χ3v) is 8.00. The van der Waals surface area contributed by atoms with Crippen LogP contribution in [0.25, 0.3) is 39.0 Å². The van der Waals surface area contributed by atoms with Gasteiger partial charge in [-0.25, -0.2) is 9.13 Å². The van der Waals surface area contributed by atoms with Gasteiger partial charge < -0.3 is 33.1 Å². The van der Waals surface area contributed by atoms with E-state index in [-0.39, 0.29) is 19.2 Å². The molecule has 0 amide bonds. The van der Waals surface area contributed by atoms with Crippen LogP contribution in [0.2, 0.25) is 6.04 Å². The minimum Gasteiger partial charge on any atom is -0.497 e. The second-order valence-electron chi connectivity index (χ2n) is 9.42. The van der Waals surface area contributed by atoms with Gasteiger partial charge in [-0.2, -0.15) is 4.80 Å². The fraction of sp³-hybridized carbons (Fsp3) is 0.185. The number of fused-ring (bicyclic) bond motifs is 1. The lowest BCUT2D eigenvalue weighted by Crippen LogP contribution is -2.42. The molecular formula is C27H31N5O7Si2+2. The molecule has 0 spiro atoms. The molecule has 0 bridgehead atoms. The molecule has 0 radical (unpaired) electrons. The highest BCUT2D eigenvalue weighted by Crippen LogP contribution is 2.33. The second-order valence-corrected chi connectivity index (χ2v) is 12.5. The van der Waals surface area contributed by atoms with Crippen molar-refractivity contribution in [3.63, 3.8) is 0 Å². The molecule has 0 aliphatic heterocycles. The van der Waals surface area contributed by atoms with Crippen molar-refractivity contribution in [3.8, 4) is 33.7 Å². The van der Waals surface area contributed by atoms with E-state index >= 15 is 0 Å². The summed E-state index contributed by atoms with van der Waals surface area (Å²) in [5.41, 5.74) is 5.80. The molecule has 3 heterocycles. The van der Waals surface area contributed by atoms with E-state index in [1.54, 1.807) is 16.5 Å². The number of hydrogen-bond donors (Lipinski definition) is 5. The number of methoxy groups -OCH3 is 1. The van der Waals surface area contributed by atoms with E-state index in [1.807, 2.05) is 90.0 Å². The molecule has 14 heteroatoms. The average Bonchev–Trinajstić information content (AvgIpc) is 3.41. The molecule has 0 saturated carbocycles. The van der Waals surface area contributed by atoms with Gasteiger partial charge in [0.2, 0.25) is 0 Å². The summed E-state index contributed by atoms with van der Waals surface area (Å²) in [5, 5.41) is 9.74. The van der Waals surface area contributed by atoms with Crippen molar-refractivity contribution in [2.75, 3.05) is 13.7 Å². The van der Waals surface area contributed by atoms with Gasteiger partial charge in [0.05, 0.1) is 25.4 Å². The number of hydrogen-bond acceptors (Lipinski definition) is 9. The van der Waals surface area contributed by atoms with E-state index in [0.29, 0.717) is 17.6 Å². The van der Waals surface area contributed by atoms with E-state index in [0.717, 1.165) is 33.7 Å². The normalized spacial score (nSPS) is 11.9. The summed E-state index contributed by atoms with van der Waals surface area (Å²) in [4.78, 5) is 47.6. The predicted octanol–water partition coefficient (Wildman–Crippen LogP) is -0.0277. The Hall–Kier alpha value is -3.87. The van der Waals surface area contributed by atoms with Gasteiger partial charge in [0.25, 0.3) is 0 Å². The zero-order chi connectivity index (χ0) is 29.0. The van der Waals surface area contributed by atoms with Gasteiger partial charge in [-0.3, -0.25) is 0 Å². The summed E-state index contributed by atoms with van der Waals surface area (Å²) >= 11 is 0. The summed E-state index contributed by atoms with van der Waals surface area (Å²) in [7, 11) is -5.55. The lowest BCUT2D eigenvalue weighted by Gasteiger charge is -2.08. The van der Waals surface area contributed by atoms with Crippen LogP contribution in [0.1, 0.15) is 0 Å². The lowest BCUT2D eigenvalue weighted by molar-refractivity contribution is -0.697. The molecule has 41 heavy (non-hydrogen) atoms. The molecule has 0 saturated heterocycles. The number of pyridine rings is 2. The summed E-state index contributed by atoms with van der Waals surface area (Å²) < 4.78 is 13.9. The highest BCUT2D eigenvalue weighted by atomic mass is 28.4. The van der Waals surface area contributed by atoms with Gasteiger partial charge in [0.15, 0.2) is 37.9 Å². The number of rotatable bonds is 11. The summed E-state index contributed by atoms with van der Waals surface area (Å²) in [5.74, 6) is 0.728. The van der Waals surface area contributed by atoms with Crippen molar-refractivity contribution in [1.82, 2.24) is 15.0 Å². The smallest absolute Gasteiger partial charge is 0.497 e. The maximum Gasteiger partial charge on any atom is 0.499 e. The fourth-order valence-corrected chi connectivity index (χ4v) is 5.28. The molecule has 12 nitrogen and oxygen atoms in total. The Morgan fingerprint density at radius 2 is 1.27 bits per heavy atom. The Labute approximate surface area is 238 Å². The molecule has 212 valence electrons. The van der Waals surface area contributed by atoms with Crippen LogP contribution >= 0.6 is 0 Å². The van der Waals surface area contributed by atoms with Crippen molar-refractivity contribution in [2.24, 2.45) is 0 Å². The average molecular weight is 594 g/mol. The number of ether oxygens (including phenoxy) is 1. The fourth-order valence-electron chi connectivity index (χ4n) is 4.41. The van der Waals surface area contributed by atoms with Gasteiger partial charge in [0.1, 0.15) is 16.8 Å². The zero-order valence-electron chi connectivity index (χ0n) is 22.3. The van der Waals surface area contributed by atoms with Crippen LogP contribution in [0.3, 0.4) is 0 Å². The van der Waals surface area contributed by atoms with E-state index in [9.17, 15) is 14.4 Å². The Morgan fingerprint density at radius 1 is 0.756 bits per heavy atom. The molecule has 0 fully saturated rings. The lowest BCUT2D eigenvalue weighted by atomic mass is 9.99. The van der Waals surface area contributed by atoms with E-state index < -0.39 is 18.3 Å². The molecule has 0 unspecified atom stereocenters. The molecule has 0 aliphatic carbocycles. The van der Waals surface area contributed by atoms with Gasteiger partial charge in [-0.1, -0.05) is 12.1 Å². The molecule has 5 rings (SSSR count). The minimum absolute atomic E-state index is 0.0959. The van der Waals surface area contributed by atoms with Crippen molar-refractivity contribution in [1.29, 1.82) is 0 Å². The Bertz CT molecular complexity index is 1610. The quantitative estimate of drug-likeness (QED) is 0.105. The van der Waals surface area contributed by atoms with Crippen LogP contribution in [0.15, 0.2) is 85.5 Å².